The maximum Gasteiger partial charge on any atom is 0.246 e. The highest BCUT2D eigenvalue weighted by Gasteiger charge is 2.53. The highest BCUT2D eigenvalue weighted by molar-refractivity contribution is 6.00. The molecule has 34 heavy (non-hydrogen) atoms. The number of nitrogens with zero attached hydrogens (tertiary/aromatic N) is 3. The molecule has 0 saturated carbocycles. The van der Waals surface area contributed by atoms with Crippen molar-refractivity contribution < 1.29 is 14.0 Å². The summed E-state index contributed by atoms with van der Waals surface area (Å²) in [6, 6.07) is 9.52. The molecule has 0 unspecified atom stereocenters. The molecule has 184 valence electrons. The summed E-state index contributed by atoms with van der Waals surface area (Å²) in [6.07, 6.45) is 3.89. The van der Waals surface area contributed by atoms with Crippen molar-refractivity contribution in [2.75, 3.05) is 19.6 Å². The van der Waals surface area contributed by atoms with Crippen molar-refractivity contribution in [1.82, 2.24) is 20.1 Å². The van der Waals surface area contributed by atoms with E-state index in [2.05, 4.69) is 31.0 Å². The fourth-order valence-electron chi connectivity index (χ4n) is 5.22. The lowest BCUT2D eigenvalue weighted by atomic mass is 9.80. The van der Waals surface area contributed by atoms with Crippen LogP contribution in [0.2, 0.25) is 0 Å². The van der Waals surface area contributed by atoms with Gasteiger partial charge in [0.05, 0.1) is 5.69 Å². The minimum Gasteiger partial charge on any atom is -0.441 e. The monoisotopic (exact) mass is 466 g/mol. The van der Waals surface area contributed by atoms with Crippen molar-refractivity contribution in [2.45, 2.75) is 77.9 Å². The molecule has 1 atom stereocenters. The number of nitrogens with one attached hydrogen (secondary N) is 1. The van der Waals surface area contributed by atoms with Gasteiger partial charge in [-0.15, -0.1) is 0 Å². The van der Waals surface area contributed by atoms with Gasteiger partial charge < -0.3 is 14.6 Å². The molecule has 7 nitrogen and oxygen atoms in total. The number of piperidine rings is 1. The molecule has 2 amide bonds. The number of hydrogen-bond acceptors (Lipinski definition) is 5. The number of oxazole rings is 1. The topological polar surface area (TPSA) is 78.7 Å². The SMILES string of the molecule is CCCCN1C(=O)[C@H](CC(C)C)NC(=O)C12CCN(Cc1nc(-c3ccccc3)oc1C)CC2. The van der Waals surface area contributed by atoms with Gasteiger partial charge in [-0.05, 0) is 50.7 Å². The van der Waals surface area contributed by atoms with Crippen molar-refractivity contribution >= 4 is 11.8 Å². The molecular formula is C27H38N4O3. The maximum atomic E-state index is 13.4. The Bertz CT molecular complexity index is 993. The lowest BCUT2D eigenvalue weighted by molar-refractivity contribution is -0.161. The Morgan fingerprint density at radius 2 is 1.88 bits per heavy atom. The fraction of sp³-hybridized carbons (Fsp3) is 0.593. The van der Waals surface area contributed by atoms with Gasteiger partial charge in [0.25, 0.3) is 0 Å². The first kappa shape index (κ1) is 24.5. The molecule has 0 bridgehead atoms. The van der Waals surface area contributed by atoms with Crippen LogP contribution in [0, 0.1) is 12.8 Å². The molecule has 2 aliphatic rings. The number of unbranched alkanes of at least 4 members (excludes halogenated alkanes) is 1. The molecular weight excluding hydrogens is 428 g/mol. The zero-order chi connectivity index (χ0) is 24.3. The number of likely N-dealkylation sites (tertiary alicyclic amines) is 1. The number of aromatic nitrogens is 1. The van der Waals surface area contributed by atoms with Crippen molar-refractivity contribution in [1.29, 1.82) is 0 Å². The van der Waals surface area contributed by atoms with Crippen LogP contribution in [0.1, 0.15) is 64.3 Å². The van der Waals surface area contributed by atoms with Crippen molar-refractivity contribution in [3.63, 3.8) is 0 Å². The van der Waals surface area contributed by atoms with Crippen LogP contribution in [-0.4, -0.2) is 57.8 Å². The van der Waals surface area contributed by atoms with Crippen molar-refractivity contribution in [3.05, 3.63) is 41.8 Å². The van der Waals surface area contributed by atoms with Gasteiger partial charge in [-0.25, -0.2) is 4.98 Å². The van der Waals surface area contributed by atoms with E-state index in [1.54, 1.807) is 0 Å². The van der Waals surface area contributed by atoms with Gasteiger partial charge in [-0.1, -0.05) is 45.4 Å². The van der Waals surface area contributed by atoms with E-state index in [9.17, 15) is 9.59 Å². The molecule has 4 rings (SSSR count). The molecule has 1 aromatic carbocycles. The first-order valence-electron chi connectivity index (χ1n) is 12.7. The molecule has 3 heterocycles. The fourth-order valence-corrected chi connectivity index (χ4v) is 5.22. The minimum atomic E-state index is -0.732. The predicted molar refractivity (Wildman–Crippen MR) is 132 cm³/mol. The highest BCUT2D eigenvalue weighted by atomic mass is 16.4. The zero-order valence-corrected chi connectivity index (χ0v) is 21.0. The van der Waals surface area contributed by atoms with Crippen LogP contribution >= 0.6 is 0 Å². The van der Waals surface area contributed by atoms with Crippen LogP contribution in [-0.2, 0) is 16.1 Å². The smallest absolute Gasteiger partial charge is 0.246 e. The third-order valence-electron chi connectivity index (χ3n) is 7.22. The standard InChI is InChI=1S/C27H38N4O3/c1-5-6-14-31-25(32)22(17-19(2)3)29-26(33)27(31)12-15-30(16-13-27)18-23-20(4)34-24(28-23)21-10-8-7-9-11-21/h7-11,19,22H,5-6,12-18H2,1-4H3,(H,29,33)/t22-/m0/s1. The lowest BCUT2D eigenvalue weighted by Crippen LogP contribution is -2.73. The Morgan fingerprint density at radius 3 is 2.53 bits per heavy atom. The summed E-state index contributed by atoms with van der Waals surface area (Å²) < 4.78 is 5.93. The largest absolute Gasteiger partial charge is 0.441 e. The van der Waals surface area contributed by atoms with Crippen LogP contribution in [0.25, 0.3) is 11.5 Å². The summed E-state index contributed by atoms with van der Waals surface area (Å²) in [7, 11) is 0. The molecule has 2 saturated heterocycles. The Kier molecular flexibility index (Phi) is 7.41. The van der Waals surface area contributed by atoms with Gasteiger partial charge in [-0.3, -0.25) is 14.5 Å². The van der Waals surface area contributed by atoms with Gasteiger partial charge in [0.2, 0.25) is 17.7 Å². The molecule has 1 aromatic heterocycles. The first-order chi connectivity index (χ1) is 16.3. The Labute approximate surface area is 202 Å². The second-order valence-corrected chi connectivity index (χ2v) is 10.2. The lowest BCUT2D eigenvalue weighted by Gasteiger charge is -2.52. The highest BCUT2D eigenvalue weighted by Crippen LogP contribution is 2.35. The number of carbonyl (C=O) groups excluding carboxylic acids is 2. The molecule has 2 fully saturated rings. The van der Waals surface area contributed by atoms with Crippen molar-refractivity contribution in [2.24, 2.45) is 5.92 Å². The van der Waals surface area contributed by atoms with Gasteiger partial charge in [0, 0.05) is 31.7 Å². The van der Waals surface area contributed by atoms with Crippen LogP contribution in [0.15, 0.2) is 34.7 Å². The summed E-state index contributed by atoms with van der Waals surface area (Å²) in [5.41, 5.74) is 1.16. The molecule has 1 N–H and O–H groups in total. The number of carbonyl (C=O) groups is 2. The molecule has 2 aromatic rings. The minimum absolute atomic E-state index is 0.0254. The second kappa shape index (κ2) is 10.3. The third kappa shape index (κ3) is 4.90. The number of hydrogen-bond donors (Lipinski definition) is 1. The van der Waals surface area contributed by atoms with E-state index in [0.717, 1.165) is 42.9 Å². The summed E-state index contributed by atoms with van der Waals surface area (Å²) >= 11 is 0. The van der Waals surface area contributed by atoms with E-state index in [0.29, 0.717) is 44.2 Å². The van der Waals surface area contributed by atoms with E-state index in [1.165, 1.54) is 0 Å². The quantitative estimate of drug-likeness (QED) is 0.632. The summed E-state index contributed by atoms with van der Waals surface area (Å²) in [4.78, 5) is 35.8. The summed E-state index contributed by atoms with van der Waals surface area (Å²) in [5.74, 6) is 1.93. The normalized spacial score (nSPS) is 20.9. The van der Waals surface area contributed by atoms with E-state index in [-0.39, 0.29) is 11.8 Å². The Morgan fingerprint density at radius 1 is 1.18 bits per heavy atom. The van der Waals surface area contributed by atoms with E-state index in [1.807, 2.05) is 42.2 Å². The maximum absolute atomic E-state index is 13.4. The number of piperazine rings is 1. The number of aryl methyl sites for hydroxylation is 1. The van der Waals surface area contributed by atoms with E-state index in [4.69, 9.17) is 9.40 Å². The zero-order valence-electron chi connectivity index (χ0n) is 21.0. The number of benzene rings is 1. The average molecular weight is 467 g/mol. The number of amides is 2. The molecule has 0 aliphatic carbocycles. The first-order valence-corrected chi connectivity index (χ1v) is 12.7. The molecule has 2 aliphatic heterocycles. The third-order valence-corrected chi connectivity index (χ3v) is 7.22. The van der Waals surface area contributed by atoms with Gasteiger partial charge in [0.1, 0.15) is 17.3 Å². The second-order valence-electron chi connectivity index (χ2n) is 10.2. The van der Waals surface area contributed by atoms with Crippen LogP contribution in [0.4, 0.5) is 0 Å². The molecule has 0 radical (unpaired) electrons. The van der Waals surface area contributed by atoms with Crippen molar-refractivity contribution in [3.8, 4) is 11.5 Å². The summed E-state index contributed by atoms with van der Waals surface area (Å²) in [6.45, 7) is 11.1. The predicted octanol–water partition coefficient (Wildman–Crippen LogP) is 4.16. The van der Waals surface area contributed by atoms with Crippen LogP contribution in [0.5, 0.6) is 0 Å². The van der Waals surface area contributed by atoms with Gasteiger partial charge >= 0.3 is 0 Å². The van der Waals surface area contributed by atoms with E-state index >= 15 is 0 Å². The van der Waals surface area contributed by atoms with Gasteiger partial charge in [-0.2, -0.15) is 0 Å². The average Bonchev–Trinajstić information content (AvgIpc) is 3.19. The molecule has 7 heteroatoms. The Balaban J connectivity index is 1.46. The number of rotatable bonds is 8. The summed E-state index contributed by atoms with van der Waals surface area (Å²) in [5, 5.41) is 3.08. The van der Waals surface area contributed by atoms with Crippen LogP contribution < -0.4 is 5.32 Å². The molecule has 1 spiro atoms. The van der Waals surface area contributed by atoms with E-state index < -0.39 is 11.6 Å². The van der Waals surface area contributed by atoms with Crippen LogP contribution in [0.3, 0.4) is 0 Å². The van der Waals surface area contributed by atoms with Gasteiger partial charge in [0.15, 0.2) is 0 Å². The Hall–Kier alpha value is -2.67.